The summed E-state index contributed by atoms with van der Waals surface area (Å²) < 4.78 is 0. The lowest BCUT2D eigenvalue weighted by molar-refractivity contribution is -0.155. The Morgan fingerprint density at radius 2 is 2.27 bits per heavy atom. The van der Waals surface area contributed by atoms with Gasteiger partial charge in [-0.25, -0.2) is 0 Å². The Morgan fingerprint density at radius 3 is 2.91 bits per heavy atom. The van der Waals surface area contributed by atoms with Gasteiger partial charge in [-0.2, -0.15) is 0 Å². The summed E-state index contributed by atoms with van der Waals surface area (Å²) in [7, 11) is 0. The minimum absolute atomic E-state index is 0.0436. The van der Waals surface area contributed by atoms with Crippen LogP contribution in [0.4, 0.5) is 0 Å². The van der Waals surface area contributed by atoms with Crippen molar-refractivity contribution < 1.29 is 9.90 Å². The van der Waals surface area contributed by atoms with Gasteiger partial charge in [0.15, 0.2) is 0 Å². The minimum atomic E-state index is -1.22. The van der Waals surface area contributed by atoms with E-state index in [1.807, 2.05) is 12.1 Å². The number of carbonyl (C=O) groups is 1. The third-order valence-electron chi connectivity index (χ3n) is 4.86. The second kappa shape index (κ2) is 7.23. The molecule has 22 heavy (non-hydrogen) atoms. The van der Waals surface area contributed by atoms with Gasteiger partial charge in [0, 0.05) is 18.9 Å². The van der Waals surface area contributed by atoms with E-state index in [-0.39, 0.29) is 11.8 Å². The van der Waals surface area contributed by atoms with E-state index in [1.54, 1.807) is 12.4 Å². The van der Waals surface area contributed by atoms with Gasteiger partial charge in [0.25, 0.3) is 5.91 Å². The predicted molar refractivity (Wildman–Crippen MR) is 87.2 cm³/mol. The second-order valence-electron chi connectivity index (χ2n) is 7.03. The molecule has 1 amide bonds. The molecule has 0 saturated heterocycles. The monoisotopic (exact) mass is 304 g/mol. The molecule has 2 rings (SSSR count). The van der Waals surface area contributed by atoms with Crippen LogP contribution in [0.15, 0.2) is 24.5 Å². The molecule has 0 radical (unpaired) electrons. The largest absolute Gasteiger partial charge is 0.380 e. The SMILES string of the molecule is CC(C)[C@@H]1CC[C@@H](C)C[C@@]1(O)C(=O)NCCc1cccnc1. The lowest BCUT2D eigenvalue weighted by atomic mass is 9.66. The molecule has 1 saturated carbocycles. The molecule has 1 aliphatic carbocycles. The van der Waals surface area contributed by atoms with Crippen LogP contribution in [0.5, 0.6) is 0 Å². The highest BCUT2D eigenvalue weighted by Gasteiger charge is 2.48. The second-order valence-corrected chi connectivity index (χ2v) is 7.03. The molecule has 0 spiro atoms. The van der Waals surface area contributed by atoms with Crippen LogP contribution in [-0.2, 0) is 11.2 Å². The molecule has 1 aromatic rings. The van der Waals surface area contributed by atoms with Gasteiger partial charge in [0.05, 0.1) is 0 Å². The summed E-state index contributed by atoms with van der Waals surface area (Å²) in [5.74, 6) is 0.536. The van der Waals surface area contributed by atoms with Gasteiger partial charge in [0.1, 0.15) is 5.60 Å². The van der Waals surface area contributed by atoms with Crippen molar-refractivity contribution in [3.63, 3.8) is 0 Å². The van der Waals surface area contributed by atoms with Gasteiger partial charge in [-0.3, -0.25) is 9.78 Å². The Bertz CT molecular complexity index is 489. The van der Waals surface area contributed by atoms with Gasteiger partial charge in [-0.05, 0) is 48.6 Å². The van der Waals surface area contributed by atoms with Crippen LogP contribution in [-0.4, -0.2) is 28.1 Å². The molecule has 1 aromatic heterocycles. The Morgan fingerprint density at radius 1 is 1.50 bits per heavy atom. The number of nitrogens with one attached hydrogen (secondary N) is 1. The molecule has 0 aromatic carbocycles. The molecule has 1 heterocycles. The highest BCUT2D eigenvalue weighted by molar-refractivity contribution is 5.85. The van der Waals surface area contributed by atoms with E-state index in [0.29, 0.717) is 24.8 Å². The van der Waals surface area contributed by atoms with E-state index in [0.717, 1.165) is 24.8 Å². The molecular weight excluding hydrogens is 276 g/mol. The number of rotatable bonds is 5. The number of carbonyl (C=O) groups excluding carboxylic acids is 1. The average molecular weight is 304 g/mol. The smallest absolute Gasteiger partial charge is 0.252 e. The predicted octanol–water partition coefficient (Wildman–Crippen LogP) is 2.56. The van der Waals surface area contributed by atoms with Crippen molar-refractivity contribution >= 4 is 5.91 Å². The van der Waals surface area contributed by atoms with E-state index in [2.05, 4.69) is 31.1 Å². The van der Waals surface area contributed by atoms with Crippen molar-refractivity contribution in [2.75, 3.05) is 6.54 Å². The van der Waals surface area contributed by atoms with Gasteiger partial charge in [-0.15, -0.1) is 0 Å². The van der Waals surface area contributed by atoms with Crippen molar-refractivity contribution in [3.8, 4) is 0 Å². The molecule has 4 heteroatoms. The number of aliphatic hydroxyl groups is 1. The summed E-state index contributed by atoms with van der Waals surface area (Å²) in [6, 6.07) is 3.88. The first-order valence-electron chi connectivity index (χ1n) is 8.33. The number of aromatic nitrogens is 1. The van der Waals surface area contributed by atoms with Gasteiger partial charge in [0.2, 0.25) is 0 Å². The molecule has 4 nitrogen and oxygen atoms in total. The lowest BCUT2D eigenvalue weighted by Crippen LogP contribution is -2.56. The van der Waals surface area contributed by atoms with Crippen molar-refractivity contribution in [3.05, 3.63) is 30.1 Å². The standard InChI is InChI=1S/C18H28N2O2/c1-13(2)16-7-6-14(3)11-18(16,22)17(21)20-10-8-15-5-4-9-19-12-15/h4-5,9,12-14,16,22H,6-8,10-11H2,1-3H3,(H,20,21)/t14-,16+,18+/m1/s1. The minimum Gasteiger partial charge on any atom is -0.380 e. The van der Waals surface area contributed by atoms with Crippen LogP contribution in [0.25, 0.3) is 0 Å². The maximum Gasteiger partial charge on any atom is 0.252 e. The fourth-order valence-electron chi connectivity index (χ4n) is 3.65. The Labute approximate surface area is 133 Å². The average Bonchev–Trinajstić information content (AvgIpc) is 2.47. The zero-order valence-corrected chi connectivity index (χ0v) is 13.9. The number of hydrogen-bond donors (Lipinski definition) is 2. The Kier molecular flexibility index (Phi) is 5.57. The highest BCUT2D eigenvalue weighted by atomic mass is 16.3. The van der Waals surface area contributed by atoms with Crippen molar-refractivity contribution in [1.82, 2.24) is 10.3 Å². The molecule has 1 fully saturated rings. The number of pyridine rings is 1. The maximum atomic E-state index is 12.6. The maximum absolute atomic E-state index is 12.6. The summed E-state index contributed by atoms with van der Waals surface area (Å²) in [5, 5.41) is 13.9. The number of hydrogen-bond acceptors (Lipinski definition) is 3. The first kappa shape index (κ1) is 16.9. The van der Waals surface area contributed by atoms with Crippen LogP contribution < -0.4 is 5.32 Å². The van der Waals surface area contributed by atoms with Crippen molar-refractivity contribution in [1.29, 1.82) is 0 Å². The topological polar surface area (TPSA) is 62.2 Å². The molecule has 0 aliphatic heterocycles. The zero-order chi connectivity index (χ0) is 16.2. The van der Waals surface area contributed by atoms with Crippen LogP contribution in [0, 0.1) is 17.8 Å². The zero-order valence-electron chi connectivity index (χ0n) is 13.9. The fourth-order valence-corrected chi connectivity index (χ4v) is 3.65. The van der Waals surface area contributed by atoms with Crippen LogP contribution >= 0.6 is 0 Å². The summed E-state index contributed by atoms with van der Waals surface area (Å²) in [5.41, 5.74) is -0.131. The molecule has 0 unspecified atom stereocenters. The fraction of sp³-hybridized carbons (Fsp3) is 0.667. The van der Waals surface area contributed by atoms with Crippen LogP contribution in [0.2, 0.25) is 0 Å². The third-order valence-corrected chi connectivity index (χ3v) is 4.86. The number of nitrogens with zero attached hydrogens (tertiary/aromatic N) is 1. The van der Waals surface area contributed by atoms with Crippen LogP contribution in [0.1, 0.15) is 45.6 Å². The van der Waals surface area contributed by atoms with Gasteiger partial charge in [-0.1, -0.05) is 33.3 Å². The van der Waals surface area contributed by atoms with E-state index >= 15 is 0 Å². The normalized spacial score (nSPS) is 28.6. The van der Waals surface area contributed by atoms with Crippen molar-refractivity contribution in [2.24, 2.45) is 17.8 Å². The third kappa shape index (κ3) is 3.86. The molecule has 2 N–H and O–H groups in total. The van der Waals surface area contributed by atoms with Crippen molar-refractivity contribution in [2.45, 2.75) is 52.1 Å². The highest BCUT2D eigenvalue weighted by Crippen LogP contribution is 2.41. The quantitative estimate of drug-likeness (QED) is 0.879. The molecule has 1 aliphatic rings. The van der Waals surface area contributed by atoms with Crippen LogP contribution in [0.3, 0.4) is 0 Å². The summed E-state index contributed by atoms with van der Waals surface area (Å²) in [6.45, 7) is 6.83. The molecular formula is C18H28N2O2. The molecule has 0 bridgehead atoms. The van der Waals surface area contributed by atoms with E-state index < -0.39 is 5.60 Å². The first-order chi connectivity index (χ1) is 10.4. The summed E-state index contributed by atoms with van der Waals surface area (Å²) in [4.78, 5) is 16.7. The van der Waals surface area contributed by atoms with Gasteiger partial charge < -0.3 is 10.4 Å². The summed E-state index contributed by atoms with van der Waals surface area (Å²) >= 11 is 0. The Hall–Kier alpha value is -1.42. The van der Waals surface area contributed by atoms with E-state index in [1.165, 1.54) is 0 Å². The first-order valence-corrected chi connectivity index (χ1v) is 8.33. The van der Waals surface area contributed by atoms with Gasteiger partial charge >= 0.3 is 0 Å². The number of amides is 1. The Balaban J connectivity index is 1.96. The molecule has 122 valence electrons. The lowest BCUT2D eigenvalue weighted by Gasteiger charge is -2.43. The summed E-state index contributed by atoms with van der Waals surface area (Å²) in [6.07, 6.45) is 6.85. The van der Waals surface area contributed by atoms with E-state index in [4.69, 9.17) is 0 Å². The molecule has 3 atom stereocenters. The van der Waals surface area contributed by atoms with E-state index in [9.17, 15) is 9.90 Å².